The van der Waals surface area contributed by atoms with Crippen LogP contribution in [-0.4, -0.2) is 0 Å². The van der Waals surface area contributed by atoms with E-state index < -0.39 is 0 Å². The number of benzene rings is 3. The monoisotopic (exact) mass is 502 g/mol. The minimum atomic E-state index is 0.642. The van der Waals surface area contributed by atoms with Crippen LogP contribution in [-0.2, 0) is 6.42 Å². The fraction of sp³-hybridized carbons (Fsp3) is 0.514. The van der Waals surface area contributed by atoms with Crippen LogP contribution in [0.25, 0.3) is 0 Å². The minimum absolute atomic E-state index is 0.642. The quantitative estimate of drug-likeness (QED) is 0.314. The van der Waals surface area contributed by atoms with Crippen molar-refractivity contribution in [2.24, 2.45) is 0 Å². The Bertz CT molecular complexity index is 905. The molecule has 0 heterocycles. The molecule has 0 fully saturated rings. The first-order chi connectivity index (χ1) is 17.5. The molecular weight excluding hydrogens is 444 g/mol. The van der Waals surface area contributed by atoms with Gasteiger partial charge in [-0.05, 0) is 69.4 Å². The van der Waals surface area contributed by atoms with Crippen molar-refractivity contribution in [3.63, 3.8) is 0 Å². The second kappa shape index (κ2) is 18.8. The van der Waals surface area contributed by atoms with Gasteiger partial charge in [0.05, 0.1) is 0 Å². The summed E-state index contributed by atoms with van der Waals surface area (Å²) in [6.07, 6.45) is 1.15. The molecule has 0 saturated heterocycles. The van der Waals surface area contributed by atoms with Gasteiger partial charge in [0.25, 0.3) is 0 Å². The van der Waals surface area contributed by atoms with Crippen molar-refractivity contribution in [2.45, 2.75) is 126 Å². The zero-order valence-corrected chi connectivity index (χ0v) is 26.5. The normalized spacial score (nSPS) is 10.5. The van der Waals surface area contributed by atoms with Crippen LogP contribution in [0.4, 0.5) is 0 Å². The number of aryl methyl sites for hydroxylation is 1. The molecule has 0 radical (unpaired) electrons. The summed E-state index contributed by atoms with van der Waals surface area (Å²) in [5, 5.41) is 0. The van der Waals surface area contributed by atoms with Gasteiger partial charge in [-0.2, -0.15) is 0 Å². The first-order valence-corrected chi connectivity index (χ1v) is 14.7. The van der Waals surface area contributed by atoms with Crippen molar-refractivity contribution in [2.75, 3.05) is 0 Å². The van der Waals surface area contributed by atoms with Crippen molar-refractivity contribution in [3.8, 4) is 0 Å². The smallest absolute Gasteiger partial charge is 0.0216 e. The Kier molecular flexibility index (Phi) is 17.6. The summed E-state index contributed by atoms with van der Waals surface area (Å²) in [5.41, 5.74) is 8.73. The first-order valence-electron chi connectivity index (χ1n) is 14.7. The van der Waals surface area contributed by atoms with Gasteiger partial charge in [0.2, 0.25) is 0 Å². The predicted octanol–water partition coefficient (Wildman–Crippen LogP) is 12.3. The molecule has 0 nitrogen and oxygen atoms in total. The summed E-state index contributed by atoms with van der Waals surface area (Å²) in [7, 11) is 0. The maximum atomic E-state index is 2.31. The second-order valence-corrected chi connectivity index (χ2v) is 11.2. The van der Waals surface area contributed by atoms with Crippen LogP contribution in [0.3, 0.4) is 0 Å². The first kappa shape index (κ1) is 34.7. The molecule has 0 bridgehead atoms. The highest BCUT2D eigenvalue weighted by atomic mass is 14.1. The van der Waals surface area contributed by atoms with Gasteiger partial charge < -0.3 is 0 Å². The summed E-state index contributed by atoms with van der Waals surface area (Å²) in [6, 6.07) is 26.5. The third kappa shape index (κ3) is 13.1. The third-order valence-corrected chi connectivity index (χ3v) is 6.57. The fourth-order valence-electron chi connectivity index (χ4n) is 3.96. The molecule has 0 aliphatic carbocycles. The molecule has 3 aromatic rings. The van der Waals surface area contributed by atoms with E-state index >= 15 is 0 Å². The lowest BCUT2D eigenvalue weighted by Crippen LogP contribution is -1.93. The van der Waals surface area contributed by atoms with Crippen LogP contribution in [0.1, 0.15) is 153 Å². The Morgan fingerprint density at radius 3 is 1.11 bits per heavy atom. The van der Waals surface area contributed by atoms with Gasteiger partial charge in [-0.15, -0.1) is 0 Å². The standard InChI is InChI=1S/2C12H18.C11H16.C2H6/c1-9(2)11-5-7-12(8-6-11)10(3)4;1-9(2)11-6-5-7-12(8-11)10(3)4;1-4-10-7-5-6-8-11(10)9(2)3;1-2/h2*5-10H,1-4H3;5-9H,4H2,1-3H3;1-2H3. The van der Waals surface area contributed by atoms with Gasteiger partial charge >= 0.3 is 0 Å². The van der Waals surface area contributed by atoms with E-state index in [-0.39, 0.29) is 0 Å². The summed E-state index contributed by atoms with van der Waals surface area (Å²) in [4.78, 5) is 0. The van der Waals surface area contributed by atoms with Crippen LogP contribution < -0.4 is 0 Å². The Hall–Kier alpha value is -2.34. The van der Waals surface area contributed by atoms with Crippen LogP contribution in [0, 0.1) is 0 Å². The maximum Gasteiger partial charge on any atom is -0.0216 e. The number of rotatable bonds is 6. The van der Waals surface area contributed by atoms with Gasteiger partial charge in [0.15, 0.2) is 0 Å². The topological polar surface area (TPSA) is 0 Å². The molecule has 0 spiro atoms. The molecule has 3 rings (SSSR count). The highest BCUT2D eigenvalue weighted by molar-refractivity contribution is 5.30. The Balaban J connectivity index is 0.000000508. The molecule has 0 aliphatic rings. The van der Waals surface area contributed by atoms with Crippen LogP contribution in [0.15, 0.2) is 72.8 Å². The van der Waals surface area contributed by atoms with E-state index in [9.17, 15) is 0 Å². The zero-order valence-electron chi connectivity index (χ0n) is 26.5. The van der Waals surface area contributed by atoms with Gasteiger partial charge in [0, 0.05) is 0 Å². The highest BCUT2D eigenvalue weighted by Crippen LogP contribution is 2.21. The predicted molar refractivity (Wildman–Crippen MR) is 170 cm³/mol. The van der Waals surface area contributed by atoms with E-state index in [1.165, 1.54) is 33.4 Å². The average Bonchev–Trinajstić information content (AvgIpc) is 2.90. The summed E-state index contributed by atoms with van der Waals surface area (Å²) in [5.74, 6) is 3.23. The van der Waals surface area contributed by atoms with E-state index in [1.54, 1.807) is 0 Å². The maximum absolute atomic E-state index is 2.31. The molecule has 0 aliphatic heterocycles. The summed E-state index contributed by atoms with van der Waals surface area (Å²) < 4.78 is 0. The largest absolute Gasteiger partial charge is 0.0683 e. The van der Waals surface area contributed by atoms with Gasteiger partial charge in [-0.25, -0.2) is 0 Å². The molecule has 0 N–H and O–H groups in total. The van der Waals surface area contributed by atoms with E-state index in [1.807, 2.05) is 13.8 Å². The lowest BCUT2D eigenvalue weighted by atomic mass is 9.96. The van der Waals surface area contributed by atoms with E-state index in [4.69, 9.17) is 0 Å². The molecule has 0 saturated carbocycles. The van der Waals surface area contributed by atoms with E-state index in [0.29, 0.717) is 29.6 Å². The Morgan fingerprint density at radius 1 is 0.432 bits per heavy atom. The fourth-order valence-corrected chi connectivity index (χ4v) is 3.96. The van der Waals surface area contributed by atoms with Crippen LogP contribution in [0.2, 0.25) is 0 Å². The van der Waals surface area contributed by atoms with Crippen molar-refractivity contribution in [1.82, 2.24) is 0 Å². The SMILES string of the molecule is CC.CC(C)c1ccc(C(C)C)cc1.CC(C)c1cccc(C(C)C)c1.CCc1ccccc1C(C)C. The lowest BCUT2D eigenvalue weighted by Gasteiger charge is -2.09. The molecular formula is C37H58. The number of hydrogen-bond acceptors (Lipinski definition) is 0. The van der Waals surface area contributed by atoms with Gasteiger partial charge in [0.1, 0.15) is 0 Å². The van der Waals surface area contributed by atoms with Gasteiger partial charge in [-0.1, -0.05) is 163 Å². The van der Waals surface area contributed by atoms with Crippen molar-refractivity contribution < 1.29 is 0 Å². The van der Waals surface area contributed by atoms with Gasteiger partial charge in [-0.3, -0.25) is 0 Å². The molecule has 0 unspecified atom stereocenters. The summed E-state index contributed by atoms with van der Waals surface area (Å²) in [6.45, 7) is 28.5. The number of hydrogen-bond donors (Lipinski definition) is 0. The minimum Gasteiger partial charge on any atom is -0.0683 e. The lowest BCUT2D eigenvalue weighted by molar-refractivity contribution is 0.834. The van der Waals surface area contributed by atoms with E-state index in [0.717, 1.165) is 6.42 Å². The van der Waals surface area contributed by atoms with Crippen LogP contribution in [0.5, 0.6) is 0 Å². The third-order valence-electron chi connectivity index (χ3n) is 6.57. The molecule has 0 heteroatoms. The molecule has 206 valence electrons. The average molecular weight is 503 g/mol. The van der Waals surface area contributed by atoms with Crippen molar-refractivity contribution in [3.05, 3.63) is 106 Å². The molecule has 0 aromatic heterocycles. The molecule has 0 amide bonds. The Morgan fingerprint density at radius 2 is 0.811 bits per heavy atom. The summed E-state index contributed by atoms with van der Waals surface area (Å²) >= 11 is 0. The van der Waals surface area contributed by atoms with Crippen molar-refractivity contribution >= 4 is 0 Å². The highest BCUT2D eigenvalue weighted by Gasteiger charge is 2.03. The van der Waals surface area contributed by atoms with Crippen LogP contribution >= 0.6 is 0 Å². The second-order valence-electron chi connectivity index (χ2n) is 11.2. The molecule has 0 atom stereocenters. The molecule has 37 heavy (non-hydrogen) atoms. The van der Waals surface area contributed by atoms with Crippen molar-refractivity contribution in [1.29, 1.82) is 0 Å². The molecule has 3 aromatic carbocycles. The Labute approximate surface area is 231 Å². The zero-order chi connectivity index (χ0) is 28.5. The van der Waals surface area contributed by atoms with E-state index in [2.05, 4.69) is 149 Å².